The van der Waals surface area contributed by atoms with Gasteiger partial charge in [-0.1, -0.05) is 28.1 Å². The highest BCUT2D eigenvalue weighted by Crippen LogP contribution is 2.36. The number of ether oxygens (including phenoxy) is 3. The lowest BCUT2D eigenvalue weighted by Gasteiger charge is -2.29. The maximum absolute atomic E-state index is 13.0. The summed E-state index contributed by atoms with van der Waals surface area (Å²) in [6, 6.07) is 12.5. The van der Waals surface area contributed by atoms with Crippen molar-refractivity contribution in [3.63, 3.8) is 0 Å². The Bertz CT molecular complexity index is 909. The van der Waals surface area contributed by atoms with Crippen LogP contribution in [0.3, 0.4) is 0 Å². The fourth-order valence-corrected chi connectivity index (χ4v) is 3.09. The van der Waals surface area contributed by atoms with E-state index in [1.165, 1.54) is 4.90 Å². The van der Waals surface area contributed by atoms with Crippen molar-refractivity contribution in [1.82, 2.24) is 0 Å². The lowest BCUT2D eigenvalue weighted by molar-refractivity contribution is -0.142. The Balaban J connectivity index is 2.02. The van der Waals surface area contributed by atoms with E-state index in [1.54, 1.807) is 50.4 Å². The highest BCUT2D eigenvalue weighted by Gasteiger charge is 2.32. The largest absolute Gasteiger partial charge is 0.496 e. The first-order chi connectivity index (χ1) is 13.0. The number of anilines is 1. The van der Waals surface area contributed by atoms with Crippen LogP contribution in [0.5, 0.6) is 11.5 Å². The van der Waals surface area contributed by atoms with Crippen molar-refractivity contribution in [2.24, 2.45) is 0 Å². The van der Waals surface area contributed by atoms with Gasteiger partial charge in [-0.2, -0.15) is 0 Å². The number of benzene rings is 2. The topological polar surface area (TPSA) is 65.1 Å². The third kappa shape index (κ3) is 4.14. The minimum absolute atomic E-state index is 0.0920. The highest BCUT2D eigenvalue weighted by atomic mass is 79.9. The van der Waals surface area contributed by atoms with Gasteiger partial charge in [0.1, 0.15) is 12.3 Å². The number of fused-ring (bicyclic) bond motifs is 1. The summed E-state index contributed by atoms with van der Waals surface area (Å²) >= 11 is 3.41. The molecular formula is C20H18BrNO5. The van der Waals surface area contributed by atoms with E-state index in [9.17, 15) is 9.59 Å². The number of hydrogen-bond acceptors (Lipinski definition) is 5. The van der Waals surface area contributed by atoms with E-state index in [2.05, 4.69) is 15.9 Å². The van der Waals surface area contributed by atoms with Gasteiger partial charge in [0.15, 0.2) is 11.5 Å². The van der Waals surface area contributed by atoms with Crippen LogP contribution in [0.2, 0.25) is 0 Å². The number of carbonyl (C=O) groups excluding carboxylic acids is 2. The SMILES string of the molecule is CCOC(=O)CN1C(=O)C(=Cc2cc(Br)ccc2OC)Oc2ccccc21. The summed E-state index contributed by atoms with van der Waals surface area (Å²) < 4.78 is 17.0. The fraction of sp³-hybridized carbons (Fsp3) is 0.200. The first-order valence-electron chi connectivity index (χ1n) is 8.33. The van der Waals surface area contributed by atoms with Crippen molar-refractivity contribution in [3.8, 4) is 11.5 Å². The Morgan fingerprint density at radius 2 is 2.04 bits per heavy atom. The zero-order chi connectivity index (χ0) is 19.4. The normalized spacial score (nSPS) is 14.6. The van der Waals surface area contributed by atoms with Crippen molar-refractivity contribution in [3.05, 3.63) is 58.3 Å². The molecule has 0 radical (unpaired) electrons. The Morgan fingerprint density at radius 1 is 1.26 bits per heavy atom. The lowest BCUT2D eigenvalue weighted by atomic mass is 10.1. The monoisotopic (exact) mass is 431 g/mol. The smallest absolute Gasteiger partial charge is 0.326 e. The molecule has 6 nitrogen and oxygen atoms in total. The van der Waals surface area contributed by atoms with Gasteiger partial charge in [0.2, 0.25) is 0 Å². The maximum atomic E-state index is 13.0. The summed E-state index contributed by atoms with van der Waals surface area (Å²) in [5.74, 6) is 0.264. The molecule has 1 aliphatic rings. The molecular weight excluding hydrogens is 414 g/mol. The number of hydrogen-bond donors (Lipinski definition) is 0. The van der Waals surface area contributed by atoms with E-state index >= 15 is 0 Å². The molecule has 3 rings (SSSR count). The van der Waals surface area contributed by atoms with E-state index in [0.717, 1.165) is 4.47 Å². The second-order valence-electron chi connectivity index (χ2n) is 5.66. The molecule has 2 aromatic rings. The molecule has 0 atom stereocenters. The summed E-state index contributed by atoms with van der Waals surface area (Å²) in [6.45, 7) is 1.77. The number of nitrogens with zero attached hydrogens (tertiary/aromatic N) is 1. The zero-order valence-electron chi connectivity index (χ0n) is 14.9. The van der Waals surface area contributed by atoms with Crippen molar-refractivity contribution < 1.29 is 23.8 Å². The first kappa shape index (κ1) is 19.0. The van der Waals surface area contributed by atoms with E-state index in [-0.39, 0.29) is 18.9 Å². The molecule has 0 fully saturated rings. The molecule has 0 saturated heterocycles. The predicted octanol–water partition coefficient (Wildman–Crippen LogP) is 3.79. The molecule has 0 N–H and O–H groups in total. The van der Waals surface area contributed by atoms with Crippen molar-refractivity contribution >= 4 is 39.6 Å². The van der Waals surface area contributed by atoms with Gasteiger partial charge in [-0.05, 0) is 43.3 Å². The molecule has 2 aromatic carbocycles. The molecule has 0 aromatic heterocycles. The number of esters is 1. The van der Waals surface area contributed by atoms with Crippen LogP contribution in [0.15, 0.2) is 52.7 Å². The van der Waals surface area contributed by atoms with Crippen molar-refractivity contribution in [1.29, 1.82) is 0 Å². The molecule has 1 aliphatic heterocycles. The molecule has 1 heterocycles. The first-order valence-corrected chi connectivity index (χ1v) is 9.12. The third-order valence-electron chi connectivity index (χ3n) is 3.90. The summed E-state index contributed by atoms with van der Waals surface area (Å²) in [5.41, 5.74) is 1.19. The van der Waals surface area contributed by atoms with Gasteiger partial charge in [0.25, 0.3) is 5.91 Å². The van der Waals surface area contributed by atoms with Gasteiger partial charge in [0, 0.05) is 10.0 Å². The quantitative estimate of drug-likeness (QED) is 0.532. The summed E-state index contributed by atoms with van der Waals surface area (Å²) in [7, 11) is 1.55. The Morgan fingerprint density at radius 3 is 2.78 bits per heavy atom. The number of amides is 1. The van der Waals surface area contributed by atoms with Gasteiger partial charge in [0.05, 0.1) is 19.4 Å². The molecule has 0 spiro atoms. The van der Waals surface area contributed by atoms with Gasteiger partial charge in [-0.3, -0.25) is 14.5 Å². The van der Waals surface area contributed by atoms with Crippen LogP contribution in [0.4, 0.5) is 5.69 Å². The van der Waals surface area contributed by atoms with Gasteiger partial charge >= 0.3 is 5.97 Å². The number of methoxy groups -OCH3 is 1. The van der Waals surface area contributed by atoms with Crippen molar-refractivity contribution in [2.45, 2.75) is 6.92 Å². The van der Waals surface area contributed by atoms with Crippen LogP contribution in [0.25, 0.3) is 6.08 Å². The molecule has 0 bridgehead atoms. The number of para-hydroxylation sites is 2. The molecule has 0 saturated carbocycles. The molecule has 0 aliphatic carbocycles. The molecule has 1 amide bonds. The average molecular weight is 432 g/mol. The Hall–Kier alpha value is -2.80. The summed E-state index contributed by atoms with van der Waals surface area (Å²) in [5, 5.41) is 0. The Labute approximate surface area is 165 Å². The van der Waals surface area contributed by atoms with E-state index in [0.29, 0.717) is 22.7 Å². The second-order valence-corrected chi connectivity index (χ2v) is 6.58. The second kappa shape index (κ2) is 8.26. The molecule has 0 unspecified atom stereocenters. The van der Waals surface area contributed by atoms with E-state index < -0.39 is 11.9 Å². The molecule has 140 valence electrons. The maximum Gasteiger partial charge on any atom is 0.326 e. The number of halogens is 1. The van der Waals surface area contributed by atoms with E-state index in [1.807, 2.05) is 12.1 Å². The van der Waals surface area contributed by atoms with Gasteiger partial charge < -0.3 is 14.2 Å². The molecule has 7 heteroatoms. The van der Waals surface area contributed by atoms with Crippen LogP contribution in [-0.2, 0) is 14.3 Å². The minimum atomic E-state index is -0.484. The summed E-state index contributed by atoms with van der Waals surface area (Å²) in [4.78, 5) is 26.3. The average Bonchev–Trinajstić information content (AvgIpc) is 2.65. The molecule has 27 heavy (non-hydrogen) atoms. The minimum Gasteiger partial charge on any atom is -0.496 e. The summed E-state index contributed by atoms with van der Waals surface area (Å²) in [6.07, 6.45) is 1.60. The lowest BCUT2D eigenvalue weighted by Crippen LogP contribution is -2.41. The van der Waals surface area contributed by atoms with Crippen molar-refractivity contribution in [2.75, 3.05) is 25.2 Å². The number of rotatable bonds is 5. The predicted molar refractivity (Wildman–Crippen MR) is 105 cm³/mol. The van der Waals surface area contributed by atoms with Gasteiger partial charge in [-0.25, -0.2) is 0 Å². The van der Waals surface area contributed by atoms with Crippen LogP contribution in [-0.4, -0.2) is 32.1 Å². The van der Waals surface area contributed by atoms with Crippen LogP contribution < -0.4 is 14.4 Å². The van der Waals surface area contributed by atoms with Crippen LogP contribution in [0.1, 0.15) is 12.5 Å². The zero-order valence-corrected chi connectivity index (χ0v) is 16.5. The van der Waals surface area contributed by atoms with Crippen LogP contribution in [0, 0.1) is 0 Å². The van der Waals surface area contributed by atoms with E-state index in [4.69, 9.17) is 14.2 Å². The standard InChI is InChI=1S/C20H18BrNO5/c1-3-26-19(23)12-22-15-6-4-5-7-17(15)27-18(20(22)24)11-13-10-14(21)8-9-16(13)25-2/h4-11H,3,12H2,1-2H3. The fourth-order valence-electron chi connectivity index (χ4n) is 2.71. The number of carbonyl (C=O) groups is 2. The van der Waals surface area contributed by atoms with Gasteiger partial charge in [-0.15, -0.1) is 0 Å². The Kier molecular flexibility index (Phi) is 5.81. The highest BCUT2D eigenvalue weighted by molar-refractivity contribution is 9.10. The third-order valence-corrected chi connectivity index (χ3v) is 4.40. The van der Waals surface area contributed by atoms with Crippen LogP contribution >= 0.6 is 15.9 Å².